The highest BCUT2D eigenvalue weighted by molar-refractivity contribution is 6.04. The van der Waals surface area contributed by atoms with Gasteiger partial charge in [0.15, 0.2) is 0 Å². The molecule has 1 fully saturated rings. The number of hydrogen-bond acceptors (Lipinski definition) is 1. The minimum absolute atomic E-state index is 0.0941. The molecular formula is C30H34NO. The molecule has 0 atom stereocenters. The lowest BCUT2D eigenvalue weighted by atomic mass is 9.77. The van der Waals surface area contributed by atoms with Crippen LogP contribution in [-0.2, 0) is 0 Å². The van der Waals surface area contributed by atoms with Crippen LogP contribution >= 0.6 is 0 Å². The lowest BCUT2D eigenvalue weighted by Gasteiger charge is -2.29. The molecule has 0 unspecified atom stereocenters. The van der Waals surface area contributed by atoms with Crippen molar-refractivity contribution in [2.24, 2.45) is 5.92 Å². The van der Waals surface area contributed by atoms with Crippen LogP contribution in [0.1, 0.15) is 80.1 Å². The van der Waals surface area contributed by atoms with E-state index in [4.69, 9.17) is 0 Å². The molecule has 0 bridgehead atoms. The summed E-state index contributed by atoms with van der Waals surface area (Å²) in [4.78, 5) is 12.5. The van der Waals surface area contributed by atoms with Gasteiger partial charge in [0.25, 0.3) is 5.91 Å². The van der Waals surface area contributed by atoms with Gasteiger partial charge < -0.3 is 5.32 Å². The molecule has 3 aromatic carbocycles. The molecule has 0 aromatic heterocycles. The van der Waals surface area contributed by atoms with Crippen molar-refractivity contribution in [3.63, 3.8) is 0 Å². The first-order valence-corrected chi connectivity index (χ1v) is 12.2. The maximum Gasteiger partial charge on any atom is 0.255 e. The van der Waals surface area contributed by atoms with E-state index < -0.39 is 0 Å². The van der Waals surface area contributed by atoms with E-state index in [0.29, 0.717) is 11.5 Å². The number of carbonyl (C=O) groups excluding carboxylic acids is 1. The summed E-state index contributed by atoms with van der Waals surface area (Å²) in [5.74, 6) is 1.57. The molecule has 32 heavy (non-hydrogen) atoms. The Morgan fingerprint density at radius 3 is 2.09 bits per heavy atom. The predicted octanol–water partition coefficient (Wildman–Crippen LogP) is 8.26. The molecule has 165 valence electrons. The zero-order chi connectivity index (χ0) is 22.2. The second-order valence-corrected chi connectivity index (χ2v) is 9.16. The number of rotatable bonds is 8. The van der Waals surface area contributed by atoms with E-state index in [-0.39, 0.29) is 5.91 Å². The summed E-state index contributed by atoms with van der Waals surface area (Å²) in [6.45, 7) is 2.29. The molecule has 0 aliphatic heterocycles. The molecule has 4 rings (SSSR count). The second-order valence-electron chi connectivity index (χ2n) is 9.16. The van der Waals surface area contributed by atoms with Crippen LogP contribution in [0.2, 0.25) is 0 Å². The first kappa shape index (κ1) is 22.3. The van der Waals surface area contributed by atoms with E-state index in [1.165, 1.54) is 62.5 Å². The van der Waals surface area contributed by atoms with Gasteiger partial charge in [-0.25, -0.2) is 0 Å². The fraction of sp³-hybridized carbons (Fsp3) is 0.367. The van der Waals surface area contributed by atoms with Crippen LogP contribution in [0.5, 0.6) is 0 Å². The Kier molecular flexibility index (Phi) is 7.77. The molecule has 1 aliphatic rings. The van der Waals surface area contributed by atoms with Gasteiger partial charge in [0, 0.05) is 11.3 Å². The zero-order valence-corrected chi connectivity index (χ0v) is 19.1. The van der Waals surface area contributed by atoms with Gasteiger partial charge >= 0.3 is 0 Å². The molecule has 0 saturated heterocycles. The van der Waals surface area contributed by atoms with E-state index >= 15 is 0 Å². The Morgan fingerprint density at radius 2 is 1.47 bits per heavy atom. The Hall–Kier alpha value is -2.87. The summed E-state index contributed by atoms with van der Waals surface area (Å²) < 4.78 is 0. The second kappa shape index (κ2) is 11.1. The quantitative estimate of drug-likeness (QED) is 0.362. The summed E-state index contributed by atoms with van der Waals surface area (Å²) >= 11 is 0. The summed E-state index contributed by atoms with van der Waals surface area (Å²) in [5.41, 5.74) is 5.27. The lowest BCUT2D eigenvalue weighted by molar-refractivity contribution is 0.102. The molecule has 2 heteroatoms. The van der Waals surface area contributed by atoms with Crippen molar-refractivity contribution < 1.29 is 4.79 Å². The maximum atomic E-state index is 12.5. The smallest absolute Gasteiger partial charge is 0.255 e. The van der Waals surface area contributed by atoms with E-state index in [0.717, 1.165) is 17.2 Å². The molecule has 3 aromatic rings. The summed E-state index contributed by atoms with van der Waals surface area (Å²) in [6.07, 6.45) is 11.0. The minimum atomic E-state index is -0.0941. The fourth-order valence-electron chi connectivity index (χ4n) is 4.90. The average Bonchev–Trinajstić information content (AvgIpc) is 2.85. The van der Waals surface area contributed by atoms with Crippen molar-refractivity contribution in [3.05, 3.63) is 90.0 Å². The number of amides is 1. The van der Waals surface area contributed by atoms with Gasteiger partial charge in [-0.05, 0) is 84.5 Å². The summed E-state index contributed by atoms with van der Waals surface area (Å²) in [6, 6.07) is 27.2. The van der Waals surface area contributed by atoms with Crippen LogP contribution in [0.15, 0.2) is 72.8 Å². The van der Waals surface area contributed by atoms with Crippen molar-refractivity contribution in [2.75, 3.05) is 5.32 Å². The number of unbranched alkanes of at least 4 members (excludes halogenated alkanes) is 2. The number of benzene rings is 3. The molecule has 1 aliphatic carbocycles. The standard InChI is InChI=1S/C30H34NO/c1-2-3-5-8-23-11-13-24(14-12-23)25-15-17-26(18-16-25)27-19-21-28(22-20-27)30(32)31-29-9-6-4-7-10-29/h6-7,9-10,15-24H,2-3,5,8,11-14H2,1H3,(H,31,32)/t23-,24-. The molecule has 1 saturated carbocycles. The SMILES string of the molecule is CCCCC[C@H]1CC[C@H](c2ccc(-c3ccc(C(=O)Nc4cc[c]cc4)cc3)cc2)CC1. The highest BCUT2D eigenvalue weighted by Crippen LogP contribution is 2.38. The number of nitrogens with one attached hydrogen (secondary N) is 1. The van der Waals surface area contributed by atoms with Gasteiger partial charge in [-0.2, -0.15) is 0 Å². The largest absolute Gasteiger partial charge is 0.322 e. The first-order chi connectivity index (χ1) is 15.7. The zero-order valence-electron chi connectivity index (χ0n) is 19.1. The molecule has 1 amide bonds. The number of hydrogen-bond donors (Lipinski definition) is 1. The van der Waals surface area contributed by atoms with Crippen LogP contribution in [0.25, 0.3) is 11.1 Å². The van der Waals surface area contributed by atoms with Crippen LogP contribution in [0, 0.1) is 12.0 Å². The van der Waals surface area contributed by atoms with Crippen LogP contribution in [-0.4, -0.2) is 5.91 Å². The first-order valence-electron chi connectivity index (χ1n) is 12.2. The molecule has 0 spiro atoms. The average molecular weight is 425 g/mol. The van der Waals surface area contributed by atoms with Gasteiger partial charge in [0.2, 0.25) is 0 Å². The molecule has 2 nitrogen and oxygen atoms in total. The van der Waals surface area contributed by atoms with Gasteiger partial charge in [-0.1, -0.05) is 81.1 Å². The Morgan fingerprint density at radius 1 is 0.844 bits per heavy atom. The Bertz CT molecular complexity index is 968. The Balaban J connectivity index is 1.32. The van der Waals surface area contributed by atoms with Crippen molar-refractivity contribution in [2.45, 2.75) is 64.2 Å². The van der Waals surface area contributed by atoms with Gasteiger partial charge in [-0.3, -0.25) is 4.79 Å². The van der Waals surface area contributed by atoms with Crippen LogP contribution < -0.4 is 5.32 Å². The van der Waals surface area contributed by atoms with Crippen LogP contribution in [0.4, 0.5) is 5.69 Å². The summed E-state index contributed by atoms with van der Waals surface area (Å²) in [5, 5.41) is 2.92. The molecule has 1 radical (unpaired) electrons. The highest BCUT2D eigenvalue weighted by Gasteiger charge is 2.22. The monoisotopic (exact) mass is 424 g/mol. The lowest BCUT2D eigenvalue weighted by Crippen LogP contribution is -2.13. The van der Waals surface area contributed by atoms with Crippen molar-refractivity contribution in [1.29, 1.82) is 0 Å². The van der Waals surface area contributed by atoms with Gasteiger partial charge in [-0.15, -0.1) is 0 Å². The number of carbonyl (C=O) groups is 1. The highest BCUT2D eigenvalue weighted by atomic mass is 16.1. The molecular weight excluding hydrogens is 390 g/mol. The Labute approximate surface area is 193 Å². The van der Waals surface area contributed by atoms with E-state index in [1.807, 2.05) is 36.4 Å². The van der Waals surface area contributed by atoms with E-state index in [2.05, 4.69) is 42.6 Å². The minimum Gasteiger partial charge on any atom is -0.322 e. The van der Waals surface area contributed by atoms with Crippen LogP contribution in [0.3, 0.4) is 0 Å². The molecule has 0 heterocycles. The van der Waals surface area contributed by atoms with E-state index in [9.17, 15) is 4.79 Å². The number of anilines is 1. The fourth-order valence-corrected chi connectivity index (χ4v) is 4.90. The van der Waals surface area contributed by atoms with E-state index in [1.54, 1.807) is 12.1 Å². The maximum absolute atomic E-state index is 12.5. The van der Waals surface area contributed by atoms with Crippen molar-refractivity contribution in [1.82, 2.24) is 0 Å². The molecule has 1 N–H and O–H groups in total. The van der Waals surface area contributed by atoms with Gasteiger partial charge in [0.1, 0.15) is 0 Å². The van der Waals surface area contributed by atoms with Crippen molar-refractivity contribution >= 4 is 11.6 Å². The third kappa shape index (κ3) is 5.88. The third-order valence-electron chi connectivity index (χ3n) is 6.90. The third-order valence-corrected chi connectivity index (χ3v) is 6.90. The predicted molar refractivity (Wildman–Crippen MR) is 134 cm³/mol. The van der Waals surface area contributed by atoms with Gasteiger partial charge in [0.05, 0.1) is 0 Å². The van der Waals surface area contributed by atoms with Crippen molar-refractivity contribution in [3.8, 4) is 11.1 Å². The summed E-state index contributed by atoms with van der Waals surface area (Å²) in [7, 11) is 0. The topological polar surface area (TPSA) is 29.1 Å². The normalized spacial score (nSPS) is 18.3.